The van der Waals surface area contributed by atoms with Crippen LogP contribution in [0, 0.1) is 6.92 Å². The Morgan fingerprint density at radius 3 is 2.95 bits per heavy atom. The molecule has 0 saturated carbocycles. The Labute approximate surface area is 117 Å². The second kappa shape index (κ2) is 4.82. The molecule has 3 rings (SSSR count). The van der Waals surface area contributed by atoms with Crippen molar-refractivity contribution in [3.05, 3.63) is 51.2 Å². The Morgan fingerprint density at radius 2 is 2.21 bits per heavy atom. The van der Waals surface area contributed by atoms with Gasteiger partial charge in [0, 0.05) is 22.7 Å². The van der Waals surface area contributed by atoms with E-state index in [1.165, 1.54) is 21.7 Å². The number of hydrogen-bond acceptors (Lipinski definition) is 3. The van der Waals surface area contributed by atoms with Gasteiger partial charge in [0.1, 0.15) is 6.29 Å². The summed E-state index contributed by atoms with van der Waals surface area (Å²) in [4.78, 5) is 14.8. The number of fused-ring (bicyclic) bond motifs is 1. The van der Waals surface area contributed by atoms with Crippen LogP contribution >= 0.6 is 11.3 Å². The maximum absolute atomic E-state index is 10.8. The second-order valence-electron chi connectivity index (χ2n) is 5.08. The van der Waals surface area contributed by atoms with E-state index in [1.54, 1.807) is 0 Å². The fourth-order valence-electron chi connectivity index (χ4n) is 2.91. The van der Waals surface area contributed by atoms with Crippen LogP contribution in [0.5, 0.6) is 0 Å². The van der Waals surface area contributed by atoms with Gasteiger partial charge in [0.05, 0.1) is 6.04 Å². The molecule has 0 aliphatic carbocycles. The van der Waals surface area contributed by atoms with E-state index in [9.17, 15) is 4.79 Å². The zero-order chi connectivity index (χ0) is 13.4. The van der Waals surface area contributed by atoms with Crippen LogP contribution in [0.4, 0.5) is 5.69 Å². The number of benzene rings is 1. The molecule has 0 saturated heterocycles. The summed E-state index contributed by atoms with van der Waals surface area (Å²) in [5.74, 6) is 0. The third kappa shape index (κ3) is 2.08. The van der Waals surface area contributed by atoms with Crippen molar-refractivity contribution in [3.63, 3.8) is 0 Å². The molecule has 0 fully saturated rings. The first-order valence-corrected chi connectivity index (χ1v) is 7.47. The van der Waals surface area contributed by atoms with Crippen molar-refractivity contribution in [1.29, 1.82) is 0 Å². The molecule has 1 aromatic carbocycles. The lowest BCUT2D eigenvalue weighted by molar-refractivity contribution is 0.112. The van der Waals surface area contributed by atoms with Crippen LogP contribution in [-0.2, 0) is 6.42 Å². The van der Waals surface area contributed by atoms with E-state index in [4.69, 9.17) is 0 Å². The summed E-state index contributed by atoms with van der Waals surface area (Å²) in [6.07, 6.45) is 2.03. The number of thiophene rings is 1. The van der Waals surface area contributed by atoms with E-state index in [2.05, 4.69) is 36.3 Å². The molecule has 2 heterocycles. The zero-order valence-electron chi connectivity index (χ0n) is 11.2. The number of anilines is 1. The number of aryl methyl sites for hydroxylation is 1. The molecule has 1 atom stereocenters. The molecule has 1 aromatic heterocycles. The van der Waals surface area contributed by atoms with Crippen molar-refractivity contribution >= 4 is 23.3 Å². The highest BCUT2D eigenvalue weighted by Crippen LogP contribution is 2.37. The maximum Gasteiger partial charge on any atom is 0.150 e. The van der Waals surface area contributed by atoms with Gasteiger partial charge in [-0.3, -0.25) is 4.79 Å². The van der Waals surface area contributed by atoms with Crippen LogP contribution in [0.15, 0.2) is 29.6 Å². The summed E-state index contributed by atoms with van der Waals surface area (Å²) >= 11 is 1.86. The van der Waals surface area contributed by atoms with E-state index in [1.807, 2.05) is 23.5 Å². The molecule has 0 N–H and O–H groups in total. The second-order valence-corrected chi connectivity index (χ2v) is 6.08. The topological polar surface area (TPSA) is 20.3 Å². The van der Waals surface area contributed by atoms with Crippen LogP contribution in [0.25, 0.3) is 0 Å². The molecule has 0 bridgehead atoms. The molecule has 2 nitrogen and oxygen atoms in total. The first-order valence-electron chi connectivity index (χ1n) is 6.59. The molecule has 3 heteroatoms. The molecule has 2 aromatic rings. The highest BCUT2D eigenvalue weighted by molar-refractivity contribution is 7.10. The molecule has 1 unspecified atom stereocenters. The molecule has 0 spiro atoms. The number of carbonyl (C=O) groups is 1. The van der Waals surface area contributed by atoms with Crippen LogP contribution in [0.1, 0.15) is 39.3 Å². The first kappa shape index (κ1) is 12.4. The molecule has 19 heavy (non-hydrogen) atoms. The lowest BCUT2D eigenvalue weighted by atomic mass is 9.99. The van der Waals surface area contributed by atoms with E-state index >= 15 is 0 Å². The van der Waals surface area contributed by atoms with E-state index in [0.717, 1.165) is 24.8 Å². The highest BCUT2D eigenvalue weighted by atomic mass is 32.1. The number of rotatable bonds is 2. The molecular formula is C16H17NOS. The van der Waals surface area contributed by atoms with Crippen molar-refractivity contribution in [2.45, 2.75) is 26.3 Å². The van der Waals surface area contributed by atoms with Crippen molar-refractivity contribution in [2.24, 2.45) is 0 Å². The zero-order valence-corrected chi connectivity index (χ0v) is 12.0. The van der Waals surface area contributed by atoms with E-state index < -0.39 is 0 Å². The lowest BCUT2D eigenvalue weighted by Gasteiger charge is -2.36. The summed E-state index contributed by atoms with van der Waals surface area (Å²) in [5, 5.41) is 2.19. The third-order valence-corrected chi connectivity index (χ3v) is 4.94. The largest absolute Gasteiger partial charge is 0.364 e. The fraction of sp³-hybridized carbons (Fsp3) is 0.312. The third-order valence-electron chi connectivity index (χ3n) is 3.94. The Morgan fingerprint density at radius 1 is 1.37 bits per heavy atom. The minimum atomic E-state index is 0.413. The van der Waals surface area contributed by atoms with Gasteiger partial charge < -0.3 is 4.90 Å². The van der Waals surface area contributed by atoms with Crippen LogP contribution in [0.3, 0.4) is 0 Å². The number of aldehydes is 1. The summed E-state index contributed by atoms with van der Waals surface area (Å²) in [6.45, 7) is 5.39. The number of carbonyl (C=O) groups excluding carboxylic acids is 1. The summed E-state index contributed by atoms with van der Waals surface area (Å²) in [7, 11) is 0. The molecule has 1 aliphatic rings. The summed E-state index contributed by atoms with van der Waals surface area (Å²) in [6, 6.07) is 8.61. The van der Waals surface area contributed by atoms with Gasteiger partial charge in [0.15, 0.2) is 0 Å². The predicted molar refractivity (Wildman–Crippen MR) is 80.4 cm³/mol. The summed E-state index contributed by atoms with van der Waals surface area (Å²) in [5.41, 5.74) is 4.63. The maximum atomic E-state index is 10.8. The summed E-state index contributed by atoms with van der Waals surface area (Å²) < 4.78 is 0. The van der Waals surface area contributed by atoms with Gasteiger partial charge in [-0.05, 0) is 61.0 Å². The molecule has 0 radical (unpaired) electrons. The van der Waals surface area contributed by atoms with Crippen molar-refractivity contribution in [3.8, 4) is 0 Å². The Bertz CT molecular complexity index is 617. The number of hydrogen-bond donors (Lipinski definition) is 0. The SMILES string of the molecule is Cc1cc(C=O)ccc1N1CCc2sccc2C1C. The molecule has 1 aliphatic heterocycles. The van der Waals surface area contributed by atoms with Gasteiger partial charge in [-0.1, -0.05) is 0 Å². The fourth-order valence-corrected chi connectivity index (χ4v) is 3.88. The van der Waals surface area contributed by atoms with Gasteiger partial charge in [-0.15, -0.1) is 11.3 Å². The van der Waals surface area contributed by atoms with Gasteiger partial charge in [-0.25, -0.2) is 0 Å². The standard InChI is InChI=1S/C16H17NOS/c1-11-9-13(10-18)3-4-15(11)17-7-5-16-14(12(17)2)6-8-19-16/h3-4,6,8-10,12H,5,7H2,1-2H3. The smallest absolute Gasteiger partial charge is 0.150 e. The van der Waals surface area contributed by atoms with Gasteiger partial charge in [-0.2, -0.15) is 0 Å². The van der Waals surface area contributed by atoms with Crippen LogP contribution < -0.4 is 4.90 Å². The predicted octanol–water partition coefficient (Wildman–Crippen LogP) is 3.99. The van der Waals surface area contributed by atoms with Crippen LogP contribution in [-0.4, -0.2) is 12.8 Å². The lowest BCUT2D eigenvalue weighted by Crippen LogP contribution is -2.33. The minimum absolute atomic E-state index is 0.413. The molecular weight excluding hydrogens is 254 g/mol. The van der Waals surface area contributed by atoms with Gasteiger partial charge >= 0.3 is 0 Å². The number of nitrogens with zero attached hydrogens (tertiary/aromatic N) is 1. The Balaban J connectivity index is 1.98. The molecule has 0 amide bonds. The quantitative estimate of drug-likeness (QED) is 0.770. The van der Waals surface area contributed by atoms with Gasteiger partial charge in [0.25, 0.3) is 0 Å². The highest BCUT2D eigenvalue weighted by Gasteiger charge is 2.25. The first-order chi connectivity index (χ1) is 9.20. The van der Waals surface area contributed by atoms with E-state index in [-0.39, 0.29) is 0 Å². The average molecular weight is 271 g/mol. The van der Waals surface area contributed by atoms with Crippen molar-refractivity contribution in [1.82, 2.24) is 0 Å². The molecule has 98 valence electrons. The Hall–Kier alpha value is -1.61. The Kier molecular flexibility index (Phi) is 3.15. The van der Waals surface area contributed by atoms with E-state index in [0.29, 0.717) is 6.04 Å². The normalized spacial score (nSPS) is 18.2. The van der Waals surface area contributed by atoms with Gasteiger partial charge in [0.2, 0.25) is 0 Å². The van der Waals surface area contributed by atoms with Crippen molar-refractivity contribution in [2.75, 3.05) is 11.4 Å². The van der Waals surface area contributed by atoms with Crippen LogP contribution in [0.2, 0.25) is 0 Å². The van der Waals surface area contributed by atoms with Crippen molar-refractivity contribution < 1.29 is 4.79 Å². The minimum Gasteiger partial charge on any atom is -0.364 e. The average Bonchev–Trinajstić information content (AvgIpc) is 2.89. The monoisotopic (exact) mass is 271 g/mol.